The normalized spacial score (nSPS) is 21.7. The zero-order valence-corrected chi connectivity index (χ0v) is 23.1. The van der Waals surface area contributed by atoms with Crippen LogP contribution in [-0.4, -0.2) is 43.4 Å². The van der Waals surface area contributed by atoms with Crippen molar-refractivity contribution in [3.8, 4) is 0 Å². The van der Waals surface area contributed by atoms with Crippen LogP contribution in [0.1, 0.15) is 99.8 Å². The highest BCUT2D eigenvalue weighted by Gasteiger charge is 2.34. The zero-order chi connectivity index (χ0) is 26.3. The minimum atomic E-state index is -3.92. The molecule has 2 saturated carbocycles. The summed E-state index contributed by atoms with van der Waals surface area (Å²) >= 11 is 0. The quantitative estimate of drug-likeness (QED) is 0.518. The number of hydrogen-bond donors (Lipinski definition) is 2. The molecular formula is C27H40N4O4S. The highest BCUT2D eigenvalue weighted by molar-refractivity contribution is 7.92. The van der Waals surface area contributed by atoms with Gasteiger partial charge < -0.3 is 10.1 Å². The molecule has 36 heavy (non-hydrogen) atoms. The molecular weight excluding hydrogens is 476 g/mol. The molecule has 0 spiro atoms. The van der Waals surface area contributed by atoms with E-state index in [9.17, 15) is 13.2 Å². The maximum absolute atomic E-state index is 13.5. The fraction of sp³-hybridized carbons (Fsp3) is 0.630. The third kappa shape index (κ3) is 5.78. The van der Waals surface area contributed by atoms with Crippen molar-refractivity contribution in [2.75, 3.05) is 11.8 Å². The molecule has 1 aromatic heterocycles. The van der Waals surface area contributed by atoms with Gasteiger partial charge in [-0.1, -0.05) is 32.9 Å². The van der Waals surface area contributed by atoms with Gasteiger partial charge in [-0.3, -0.25) is 14.2 Å². The molecule has 2 aromatic rings. The average Bonchev–Trinajstić information content (AvgIpc) is 3.62. The van der Waals surface area contributed by atoms with Crippen molar-refractivity contribution < 1.29 is 17.9 Å². The van der Waals surface area contributed by atoms with Gasteiger partial charge in [0, 0.05) is 26.1 Å². The minimum Gasteiger partial charge on any atom is -0.381 e. The molecule has 1 heterocycles. The van der Waals surface area contributed by atoms with Crippen LogP contribution in [0.2, 0.25) is 0 Å². The summed E-state index contributed by atoms with van der Waals surface area (Å²) in [4.78, 5) is 13.6. The Balaban J connectivity index is 1.69. The lowest BCUT2D eigenvalue weighted by Crippen LogP contribution is -2.42. The predicted molar refractivity (Wildman–Crippen MR) is 141 cm³/mol. The number of methoxy groups -OCH3 is 1. The lowest BCUT2D eigenvalue weighted by Gasteiger charge is -2.28. The maximum atomic E-state index is 13.5. The molecule has 4 rings (SSSR count). The molecule has 0 radical (unpaired) electrons. The van der Waals surface area contributed by atoms with Gasteiger partial charge in [-0.2, -0.15) is 5.10 Å². The van der Waals surface area contributed by atoms with Gasteiger partial charge in [-0.15, -0.1) is 0 Å². The Morgan fingerprint density at radius 3 is 2.17 bits per heavy atom. The number of hydrogen-bond acceptors (Lipinski definition) is 5. The minimum absolute atomic E-state index is 0.0409. The van der Waals surface area contributed by atoms with Crippen LogP contribution in [0.3, 0.4) is 0 Å². The third-order valence-electron chi connectivity index (χ3n) is 7.81. The molecule has 1 amide bonds. The number of rotatable bonds is 8. The number of sulfonamides is 1. The van der Waals surface area contributed by atoms with Gasteiger partial charge in [0.05, 0.1) is 16.7 Å². The van der Waals surface area contributed by atoms with Crippen LogP contribution in [0.4, 0.5) is 5.69 Å². The Morgan fingerprint density at radius 1 is 1.06 bits per heavy atom. The van der Waals surface area contributed by atoms with Gasteiger partial charge in [0.1, 0.15) is 11.4 Å². The summed E-state index contributed by atoms with van der Waals surface area (Å²) in [6.45, 7) is 8.10. The molecule has 0 bridgehead atoms. The number of carbonyl (C=O) groups is 1. The van der Waals surface area contributed by atoms with E-state index < -0.39 is 10.0 Å². The third-order valence-corrected chi connectivity index (χ3v) is 9.17. The van der Waals surface area contributed by atoms with Crippen LogP contribution in [-0.2, 0) is 21.8 Å². The van der Waals surface area contributed by atoms with Crippen LogP contribution < -0.4 is 10.0 Å². The Kier molecular flexibility index (Phi) is 7.53. The lowest BCUT2D eigenvalue weighted by molar-refractivity contribution is 0.0655. The number of nitrogens with zero attached hydrogens (tertiary/aromatic N) is 2. The van der Waals surface area contributed by atoms with E-state index in [1.165, 1.54) is 10.2 Å². The number of carbonyl (C=O) groups excluding carboxylic acids is 1. The topological polar surface area (TPSA) is 102 Å². The number of nitrogens with one attached hydrogen (secondary N) is 2. The maximum Gasteiger partial charge on any atom is 0.271 e. The number of ether oxygens (including phenoxy) is 1. The van der Waals surface area contributed by atoms with Crippen molar-refractivity contribution >= 4 is 21.6 Å². The van der Waals surface area contributed by atoms with Crippen molar-refractivity contribution in [3.63, 3.8) is 0 Å². The fourth-order valence-electron chi connectivity index (χ4n) is 4.77. The first-order chi connectivity index (χ1) is 16.9. The second kappa shape index (κ2) is 10.2. The Morgan fingerprint density at radius 2 is 1.64 bits per heavy atom. The van der Waals surface area contributed by atoms with Gasteiger partial charge in [-0.05, 0) is 74.5 Å². The smallest absolute Gasteiger partial charge is 0.271 e. The van der Waals surface area contributed by atoms with Gasteiger partial charge >= 0.3 is 0 Å². The van der Waals surface area contributed by atoms with Crippen LogP contribution in [0.15, 0.2) is 29.2 Å². The van der Waals surface area contributed by atoms with Crippen molar-refractivity contribution in [1.82, 2.24) is 15.1 Å². The number of amides is 1. The van der Waals surface area contributed by atoms with Crippen LogP contribution in [0.5, 0.6) is 0 Å². The van der Waals surface area contributed by atoms with Crippen LogP contribution >= 0.6 is 0 Å². The molecule has 2 aliphatic rings. The lowest BCUT2D eigenvalue weighted by atomic mass is 9.84. The molecule has 8 nitrogen and oxygen atoms in total. The fourth-order valence-corrected chi connectivity index (χ4v) is 5.86. The van der Waals surface area contributed by atoms with Crippen molar-refractivity contribution in [2.24, 2.45) is 12.5 Å². The Bertz CT molecular complexity index is 1190. The number of benzene rings is 1. The van der Waals surface area contributed by atoms with Crippen LogP contribution in [0.25, 0.3) is 0 Å². The van der Waals surface area contributed by atoms with Crippen molar-refractivity contribution in [1.29, 1.82) is 0 Å². The zero-order valence-electron chi connectivity index (χ0n) is 22.3. The largest absolute Gasteiger partial charge is 0.381 e. The number of anilines is 1. The number of aromatic nitrogens is 2. The molecule has 2 fully saturated rings. The van der Waals surface area contributed by atoms with Crippen molar-refractivity contribution in [3.05, 3.63) is 41.2 Å². The second-order valence-corrected chi connectivity index (χ2v) is 13.1. The first-order valence-corrected chi connectivity index (χ1v) is 14.4. The van der Waals surface area contributed by atoms with Gasteiger partial charge in [-0.25, -0.2) is 8.42 Å². The number of aryl methyl sites for hydroxylation is 1. The first-order valence-electron chi connectivity index (χ1n) is 12.9. The van der Waals surface area contributed by atoms with Gasteiger partial charge in [0.2, 0.25) is 0 Å². The van der Waals surface area contributed by atoms with E-state index in [-0.39, 0.29) is 45.7 Å². The molecule has 0 unspecified atom stereocenters. The van der Waals surface area contributed by atoms with E-state index in [2.05, 4.69) is 35.9 Å². The van der Waals surface area contributed by atoms with E-state index in [1.807, 2.05) is 19.1 Å². The summed E-state index contributed by atoms with van der Waals surface area (Å²) in [5.41, 5.74) is 2.15. The summed E-state index contributed by atoms with van der Waals surface area (Å²) in [6, 6.07) is 6.95. The van der Waals surface area contributed by atoms with Gasteiger partial charge in [0.15, 0.2) is 0 Å². The second-order valence-electron chi connectivity index (χ2n) is 11.5. The molecule has 1 atom stereocenters. The Labute approximate surface area is 215 Å². The molecule has 0 saturated heterocycles. The molecule has 1 aromatic carbocycles. The van der Waals surface area contributed by atoms with E-state index in [0.29, 0.717) is 11.6 Å². The van der Waals surface area contributed by atoms with Crippen molar-refractivity contribution in [2.45, 2.75) is 95.1 Å². The van der Waals surface area contributed by atoms with Crippen LogP contribution in [0, 0.1) is 5.41 Å². The highest BCUT2D eigenvalue weighted by Crippen LogP contribution is 2.41. The summed E-state index contributed by atoms with van der Waals surface area (Å²) in [5, 5.41) is 7.73. The summed E-state index contributed by atoms with van der Waals surface area (Å²) in [6.07, 6.45) is 5.88. The molecule has 0 aliphatic heterocycles. The molecule has 9 heteroatoms. The first kappa shape index (κ1) is 26.7. The molecule has 2 N–H and O–H groups in total. The van der Waals surface area contributed by atoms with E-state index >= 15 is 0 Å². The summed E-state index contributed by atoms with van der Waals surface area (Å²) in [5.74, 6) is 0.243. The predicted octanol–water partition coefficient (Wildman–Crippen LogP) is 4.94. The monoisotopic (exact) mass is 516 g/mol. The summed E-state index contributed by atoms with van der Waals surface area (Å²) in [7, 11) is -0.501. The summed E-state index contributed by atoms with van der Waals surface area (Å²) < 4.78 is 36.8. The average molecular weight is 517 g/mol. The molecule has 198 valence electrons. The van der Waals surface area contributed by atoms with Gasteiger partial charge in [0.25, 0.3) is 15.9 Å². The Hall–Kier alpha value is -2.39. The standard InChI is InChI=1S/C27H40N4O4S/c1-17(27(2,3)4)28-26(32)25-24(23(29-31(25)5)20-9-13-21(35-6)14-10-20)30-36(33,34)22-15-11-19(12-16-22)18-7-8-18/h11-12,15-18,20-21,30H,7-10,13-14H2,1-6H3,(H,28,32)/t17-,20-,21+/m0/s1. The highest BCUT2D eigenvalue weighted by atomic mass is 32.2. The molecule has 2 aliphatic carbocycles. The van der Waals surface area contributed by atoms with E-state index in [0.717, 1.165) is 38.5 Å². The SMILES string of the molecule is CO[C@H]1CC[C@@H](c2nn(C)c(C(=O)N[C@@H](C)C(C)(C)C)c2NS(=O)(=O)c2ccc(C3CC3)cc2)CC1. The van der Waals surface area contributed by atoms with E-state index in [1.54, 1.807) is 26.3 Å². The van der Waals surface area contributed by atoms with E-state index in [4.69, 9.17) is 4.74 Å².